The molecule has 0 aliphatic carbocycles. The highest BCUT2D eigenvalue weighted by atomic mass is 19.1. The fourth-order valence-electron chi connectivity index (χ4n) is 2.75. The molecule has 0 spiro atoms. The third kappa shape index (κ3) is 3.23. The zero-order chi connectivity index (χ0) is 15.6. The molecule has 1 aromatic rings. The summed E-state index contributed by atoms with van der Waals surface area (Å²) in [6.07, 6.45) is 0.551. The first-order valence-corrected chi connectivity index (χ1v) is 7.29. The van der Waals surface area contributed by atoms with Crippen molar-refractivity contribution >= 4 is 11.8 Å². The molecule has 21 heavy (non-hydrogen) atoms. The molecule has 0 radical (unpaired) electrons. The summed E-state index contributed by atoms with van der Waals surface area (Å²) in [4.78, 5) is 26.3. The Hall–Kier alpha value is -1.91. The third-order valence-electron chi connectivity index (χ3n) is 3.78. The lowest BCUT2D eigenvalue weighted by Gasteiger charge is -2.40. The summed E-state index contributed by atoms with van der Waals surface area (Å²) in [6.45, 7) is 5.92. The Bertz CT molecular complexity index is 545. The molecule has 1 heterocycles. The highest BCUT2D eigenvalue weighted by Crippen LogP contribution is 2.21. The van der Waals surface area contributed by atoms with Gasteiger partial charge in [0.15, 0.2) is 0 Å². The summed E-state index contributed by atoms with van der Waals surface area (Å²) in [5.74, 6) is -0.567. The van der Waals surface area contributed by atoms with Crippen LogP contribution in [0.1, 0.15) is 32.8 Å². The van der Waals surface area contributed by atoms with Crippen molar-refractivity contribution in [3.05, 3.63) is 35.6 Å². The number of nitrogens with zero attached hydrogens (tertiary/aromatic N) is 1. The molecule has 2 unspecified atom stereocenters. The lowest BCUT2D eigenvalue weighted by molar-refractivity contribution is -0.152. The molecule has 1 fully saturated rings. The Morgan fingerprint density at radius 1 is 1.33 bits per heavy atom. The zero-order valence-corrected chi connectivity index (χ0v) is 12.6. The number of hydrogen-bond acceptors (Lipinski definition) is 2. The van der Waals surface area contributed by atoms with Crippen LogP contribution in [0.4, 0.5) is 4.39 Å². The zero-order valence-electron chi connectivity index (χ0n) is 12.6. The van der Waals surface area contributed by atoms with Gasteiger partial charge < -0.3 is 10.2 Å². The van der Waals surface area contributed by atoms with Crippen LogP contribution < -0.4 is 5.32 Å². The molecule has 1 N–H and O–H groups in total. The molecular formula is C16H21FN2O2. The Labute approximate surface area is 124 Å². The van der Waals surface area contributed by atoms with Gasteiger partial charge in [-0.3, -0.25) is 9.59 Å². The average molecular weight is 292 g/mol. The summed E-state index contributed by atoms with van der Waals surface area (Å²) in [5, 5.41) is 2.77. The van der Waals surface area contributed by atoms with E-state index in [0.29, 0.717) is 12.0 Å². The van der Waals surface area contributed by atoms with E-state index in [1.54, 1.807) is 17.0 Å². The van der Waals surface area contributed by atoms with Crippen molar-refractivity contribution in [1.29, 1.82) is 0 Å². The normalized spacial score (nSPS) is 22.6. The first-order chi connectivity index (χ1) is 9.93. The average Bonchev–Trinajstić information content (AvgIpc) is 2.42. The van der Waals surface area contributed by atoms with E-state index in [9.17, 15) is 14.0 Å². The topological polar surface area (TPSA) is 49.4 Å². The molecule has 1 saturated heterocycles. The summed E-state index contributed by atoms with van der Waals surface area (Å²) < 4.78 is 13.3. The van der Waals surface area contributed by atoms with Gasteiger partial charge in [-0.1, -0.05) is 32.9 Å². The first-order valence-electron chi connectivity index (χ1n) is 7.29. The number of halogens is 1. The number of hydrogen-bond donors (Lipinski definition) is 1. The second-order valence-electron chi connectivity index (χ2n) is 5.75. The lowest BCUT2D eigenvalue weighted by Crippen LogP contribution is -2.64. The second-order valence-corrected chi connectivity index (χ2v) is 5.75. The van der Waals surface area contributed by atoms with Gasteiger partial charge in [0.1, 0.15) is 17.9 Å². The van der Waals surface area contributed by atoms with E-state index >= 15 is 0 Å². The Morgan fingerprint density at radius 2 is 2.05 bits per heavy atom. The Kier molecular flexibility index (Phi) is 4.60. The van der Waals surface area contributed by atoms with Gasteiger partial charge >= 0.3 is 0 Å². The highest BCUT2D eigenvalue weighted by molar-refractivity contribution is 5.97. The van der Waals surface area contributed by atoms with Crippen molar-refractivity contribution in [1.82, 2.24) is 10.2 Å². The van der Waals surface area contributed by atoms with Crippen LogP contribution in [0, 0.1) is 11.7 Å². The first kappa shape index (κ1) is 15.5. The predicted molar refractivity (Wildman–Crippen MR) is 77.8 cm³/mol. The van der Waals surface area contributed by atoms with Crippen LogP contribution in [0.5, 0.6) is 0 Å². The van der Waals surface area contributed by atoms with Gasteiger partial charge in [-0.15, -0.1) is 0 Å². The van der Waals surface area contributed by atoms with Crippen LogP contribution in [0.25, 0.3) is 0 Å². The monoisotopic (exact) mass is 292 g/mol. The number of carbonyl (C=O) groups excluding carboxylic acids is 2. The van der Waals surface area contributed by atoms with Crippen LogP contribution in [0.2, 0.25) is 0 Å². The van der Waals surface area contributed by atoms with Gasteiger partial charge in [0.05, 0.1) is 0 Å². The number of benzene rings is 1. The smallest absolute Gasteiger partial charge is 0.246 e. The SMILES string of the molecule is CCC1NC(=O)C(C(C)C)N(Cc2cccc(F)c2)C1=O. The molecule has 1 aromatic carbocycles. The Morgan fingerprint density at radius 3 is 2.62 bits per heavy atom. The van der Waals surface area contributed by atoms with Gasteiger partial charge in [-0.2, -0.15) is 0 Å². The highest BCUT2D eigenvalue weighted by Gasteiger charge is 2.41. The van der Waals surface area contributed by atoms with Crippen molar-refractivity contribution in [2.45, 2.75) is 45.8 Å². The Balaban J connectivity index is 2.29. The van der Waals surface area contributed by atoms with Gasteiger partial charge in [0.2, 0.25) is 11.8 Å². The molecule has 4 nitrogen and oxygen atoms in total. The molecular weight excluding hydrogens is 271 g/mol. The fraction of sp³-hybridized carbons (Fsp3) is 0.500. The minimum absolute atomic E-state index is 0.000292. The largest absolute Gasteiger partial charge is 0.343 e. The van der Waals surface area contributed by atoms with E-state index in [-0.39, 0.29) is 30.1 Å². The molecule has 5 heteroatoms. The number of amides is 2. The maximum Gasteiger partial charge on any atom is 0.246 e. The molecule has 0 bridgehead atoms. The van der Waals surface area contributed by atoms with Crippen molar-refractivity contribution in [2.24, 2.45) is 5.92 Å². The molecule has 1 aliphatic heterocycles. The third-order valence-corrected chi connectivity index (χ3v) is 3.78. The molecule has 2 atom stereocenters. The quantitative estimate of drug-likeness (QED) is 0.924. The van der Waals surface area contributed by atoms with Gasteiger partial charge in [0, 0.05) is 6.54 Å². The van der Waals surface area contributed by atoms with Crippen molar-refractivity contribution in [3.8, 4) is 0 Å². The van der Waals surface area contributed by atoms with Crippen LogP contribution >= 0.6 is 0 Å². The van der Waals surface area contributed by atoms with Gasteiger partial charge in [-0.05, 0) is 30.0 Å². The molecule has 114 valence electrons. The summed E-state index contributed by atoms with van der Waals surface area (Å²) >= 11 is 0. The minimum atomic E-state index is -0.511. The number of carbonyl (C=O) groups is 2. The lowest BCUT2D eigenvalue weighted by atomic mass is 9.95. The summed E-state index contributed by atoms with van der Waals surface area (Å²) in [7, 11) is 0. The van der Waals surface area contributed by atoms with Gasteiger partial charge in [-0.25, -0.2) is 4.39 Å². The predicted octanol–water partition coefficient (Wildman–Crippen LogP) is 2.09. The number of rotatable bonds is 4. The van der Waals surface area contributed by atoms with Crippen LogP contribution in [0.3, 0.4) is 0 Å². The summed E-state index contributed by atoms with van der Waals surface area (Å²) in [5.41, 5.74) is 0.693. The molecule has 0 aromatic heterocycles. The van der Waals surface area contributed by atoms with Crippen molar-refractivity contribution in [2.75, 3.05) is 0 Å². The van der Waals surface area contributed by atoms with E-state index in [0.717, 1.165) is 0 Å². The molecule has 2 rings (SSSR count). The molecule has 1 aliphatic rings. The van der Waals surface area contributed by atoms with E-state index < -0.39 is 12.1 Å². The maximum absolute atomic E-state index is 13.3. The summed E-state index contributed by atoms with van der Waals surface area (Å²) in [6, 6.07) is 5.15. The standard InChI is InChI=1S/C16H21FN2O2/c1-4-13-16(21)19(14(10(2)3)15(20)18-13)9-11-6-5-7-12(17)8-11/h5-8,10,13-14H,4,9H2,1-3H3,(H,18,20). The minimum Gasteiger partial charge on any atom is -0.343 e. The number of piperazine rings is 1. The second kappa shape index (κ2) is 6.24. The van der Waals surface area contributed by atoms with Crippen LogP contribution in [-0.4, -0.2) is 28.8 Å². The van der Waals surface area contributed by atoms with E-state index in [1.807, 2.05) is 20.8 Å². The molecule has 2 amide bonds. The van der Waals surface area contributed by atoms with Crippen molar-refractivity contribution in [3.63, 3.8) is 0 Å². The maximum atomic E-state index is 13.3. The van der Waals surface area contributed by atoms with E-state index in [1.165, 1.54) is 12.1 Å². The van der Waals surface area contributed by atoms with Crippen LogP contribution in [0.15, 0.2) is 24.3 Å². The van der Waals surface area contributed by atoms with Gasteiger partial charge in [0.25, 0.3) is 0 Å². The van der Waals surface area contributed by atoms with E-state index in [4.69, 9.17) is 0 Å². The number of nitrogens with one attached hydrogen (secondary N) is 1. The molecule has 0 saturated carbocycles. The van der Waals surface area contributed by atoms with Crippen LogP contribution in [-0.2, 0) is 16.1 Å². The van der Waals surface area contributed by atoms with Crippen molar-refractivity contribution < 1.29 is 14.0 Å². The fourth-order valence-corrected chi connectivity index (χ4v) is 2.75. The van der Waals surface area contributed by atoms with E-state index in [2.05, 4.69) is 5.32 Å².